The van der Waals surface area contributed by atoms with Gasteiger partial charge in [-0.05, 0) is 19.3 Å². The molecule has 25 heavy (non-hydrogen) atoms. The van der Waals surface area contributed by atoms with Gasteiger partial charge < -0.3 is 20.3 Å². The number of carbonyl (C=O) groups excluding carboxylic acids is 1. The summed E-state index contributed by atoms with van der Waals surface area (Å²) in [6.45, 7) is 5.77. The highest BCUT2D eigenvalue weighted by Gasteiger charge is 2.22. The van der Waals surface area contributed by atoms with Crippen LogP contribution >= 0.6 is 0 Å². The average Bonchev–Trinajstić information content (AvgIpc) is 3.16. The minimum absolute atomic E-state index is 0.108. The van der Waals surface area contributed by atoms with E-state index in [1.807, 2.05) is 13.0 Å². The Morgan fingerprint density at radius 2 is 2.08 bits per heavy atom. The highest BCUT2D eigenvalue weighted by Crippen LogP contribution is 2.18. The van der Waals surface area contributed by atoms with Gasteiger partial charge in [-0.2, -0.15) is 0 Å². The maximum atomic E-state index is 12.4. The average molecular weight is 347 g/mol. The van der Waals surface area contributed by atoms with Crippen LogP contribution in [-0.4, -0.2) is 54.3 Å². The second-order valence-electron chi connectivity index (χ2n) is 6.80. The minimum Gasteiger partial charge on any atom is -0.378 e. The number of amides is 1. The van der Waals surface area contributed by atoms with Gasteiger partial charge in [-0.25, -0.2) is 9.97 Å². The van der Waals surface area contributed by atoms with Gasteiger partial charge in [-0.15, -0.1) is 0 Å². The Morgan fingerprint density at radius 1 is 1.32 bits per heavy atom. The molecular weight excluding hydrogens is 318 g/mol. The second kappa shape index (κ2) is 9.10. The Hall–Kier alpha value is -1.73. The first-order valence-electron chi connectivity index (χ1n) is 9.43. The molecule has 0 aromatic carbocycles. The van der Waals surface area contributed by atoms with Crippen molar-refractivity contribution in [2.24, 2.45) is 0 Å². The zero-order valence-electron chi connectivity index (χ0n) is 15.0. The van der Waals surface area contributed by atoms with E-state index in [1.54, 1.807) is 6.33 Å². The number of hydrogen-bond donors (Lipinski definition) is 2. The van der Waals surface area contributed by atoms with E-state index in [-0.39, 0.29) is 11.9 Å². The van der Waals surface area contributed by atoms with E-state index in [0.29, 0.717) is 12.6 Å². The summed E-state index contributed by atoms with van der Waals surface area (Å²) < 4.78 is 5.38. The normalized spacial score (nSPS) is 19.8. The summed E-state index contributed by atoms with van der Waals surface area (Å²) in [6, 6.07) is 2.18. The summed E-state index contributed by atoms with van der Waals surface area (Å²) >= 11 is 0. The number of carbonyl (C=O) groups is 1. The quantitative estimate of drug-likeness (QED) is 0.773. The lowest BCUT2D eigenvalue weighted by Crippen LogP contribution is -2.46. The molecule has 1 aliphatic heterocycles. The SMILES string of the molecule is CC[C@@H](NCc1cc(N2CCOCC2)ncn1)C(=O)NC1CCCC1. The molecule has 2 heterocycles. The van der Waals surface area contributed by atoms with Crippen LogP contribution in [0.1, 0.15) is 44.7 Å². The summed E-state index contributed by atoms with van der Waals surface area (Å²) in [6.07, 6.45) is 7.02. The predicted octanol–water partition coefficient (Wildman–Crippen LogP) is 1.24. The van der Waals surface area contributed by atoms with Crippen molar-refractivity contribution in [1.82, 2.24) is 20.6 Å². The van der Waals surface area contributed by atoms with Crippen molar-refractivity contribution in [2.75, 3.05) is 31.2 Å². The molecule has 1 saturated carbocycles. The molecular formula is C18H29N5O2. The summed E-state index contributed by atoms with van der Waals surface area (Å²) in [7, 11) is 0. The van der Waals surface area contributed by atoms with Gasteiger partial charge in [0.05, 0.1) is 24.9 Å². The number of nitrogens with zero attached hydrogens (tertiary/aromatic N) is 3. The molecule has 3 rings (SSSR count). The molecule has 7 nitrogen and oxygen atoms in total. The van der Waals surface area contributed by atoms with Crippen molar-refractivity contribution in [2.45, 2.75) is 57.7 Å². The van der Waals surface area contributed by atoms with Crippen molar-refractivity contribution in [3.8, 4) is 0 Å². The fraction of sp³-hybridized carbons (Fsp3) is 0.722. The highest BCUT2D eigenvalue weighted by molar-refractivity contribution is 5.82. The number of nitrogens with one attached hydrogen (secondary N) is 2. The molecule has 1 amide bonds. The van der Waals surface area contributed by atoms with Gasteiger partial charge in [-0.1, -0.05) is 19.8 Å². The monoisotopic (exact) mass is 347 g/mol. The molecule has 0 bridgehead atoms. The Balaban J connectivity index is 1.53. The van der Waals surface area contributed by atoms with Gasteiger partial charge in [0.1, 0.15) is 12.1 Å². The van der Waals surface area contributed by atoms with Crippen LogP contribution < -0.4 is 15.5 Å². The van der Waals surface area contributed by atoms with Crippen LogP contribution in [0.25, 0.3) is 0 Å². The van der Waals surface area contributed by atoms with Gasteiger partial charge in [0.15, 0.2) is 0 Å². The molecule has 1 aromatic heterocycles. The molecule has 138 valence electrons. The number of anilines is 1. The first kappa shape index (κ1) is 18.1. The van der Waals surface area contributed by atoms with Gasteiger partial charge in [-0.3, -0.25) is 4.79 Å². The molecule has 2 aliphatic rings. The number of aromatic nitrogens is 2. The molecule has 0 unspecified atom stereocenters. The van der Waals surface area contributed by atoms with Crippen molar-refractivity contribution in [3.63, 3.8) is 0 Å². The molecule has 0 radical (unpaired) electrons. The third kappa shape index (κ3) is 5.12. The molecule has 1 aromatic rings. The zero-order chi connectivity index (χ0) is 17.5. The summed E-state index contributed by atoms with van der Waals surface area (Å²) in [5.74, 6) is 1.04. The van der Waals surface area contributed by atoms with Crippen LogP contribution in [0.3, 0.4) is 0 Å². The molecule has 0 spiro atoms. The van der Waals surface area contributed by atoms with E-state index < -0.39 is 0 Å². The predicted molar refractivity (Wildman–Crippen MR) is 96.4 cm³/mol. The van der Waals surface area contributed by atoms with Crippen LogP contribution in [0.2, 0.25) is 0 Å². The lowest BCUT2D eigenvalue weighted by atomic mass is 10.1. The van der Waals surface area contributed by atoms with Crippen molar-refractivity contribution in [1.29, 1.82) is 0 Å². The summed E-state index contributed by atoms with van der Waals surface area (Å²) in [4.78, 5) is 23.4. The largest absolute Gasteiger partial charge is 0.378 e. The van der Waals surface area contributed by atoms with Gasteiger partial charge in [0.25, 0.3) is 0 Å². The van der Waals surface area contributed by atoms with E-state index in [0.717, 1.165) is 57.1 Å². The van der Waals surface area contributed by atoms with Crippen molar-refractivity contribution in [3.05, 3.63) is 18.1 Å². The third-order valence-electron chi connectivity index (χ3n) is 5.00. The van der Waals surface area contributed by atoms with Gasteiger partial charge >= 0.3 is 0 Å². The van der Waals surface area contributed by atoms with Gasteiger partial charge in [0, 0.05) is 31.7 Å². The first-order valence-corrected chi connectivity index (χ1v) is 9.43. The van der Waals surface area contributed by atoms with Crippen LogP contribution in [-0.2, 0) is 16.1 Å². The highest BCUT2D eigenvalue weighted by atomic mass is 16.5. The summed E-state index contributed by atoms with van der Waals surface area (Å²) in [5, 5.41) is 6.52. The minimum atomic E-state index is -0.178. The van der Waals surface area contributed by atoms with E-state index >= 15 is 0 Å². The van der Waals surface area contributed by atoms with Crippen molar-refractivity contribution < 1.29 is 9.53 Å². The first-order chi connectivity index (χ1) is 12.3. The third-order valence-corrected chi connectivity index (χ3v) is 5.00. The number of morpholine rings is 1. The Labute approximate surface area is 149 Å². The lowest BCUT2D eigenvalue weighted by molar-refractivity contribution is -0.123. The molecule has 1 atom stereocenters. The standard InChI is InChI=1S/C18H29N5O2/c1-2-16(18(24)22-14-5-3-4-6-14)19-12-15-11-17(21-13-20-15)23-7-9-25-10-8-23/h11,13-14,16,19H,2-10,12H2,1H3,(H,22,24)/t16-/m1/s1. The smallest absolute Gasteiger partial charge is 0.237 e. The topological polar surface area (TPSA) is 79.4 Å². The second-order valence-corrected chi connectivity index (χ2v) is 6.80. The van der Waals surface area contributed by atoms with Crippen LogP contribution in [0.5, 0.6) is 0 Å². The molecule has 1 saturated heterocycles. The molecule has 2 fully saturated rings. The zero-order valence-corrected chi connectivity index (χ0v) is 15.0. The summed E-state index contributed by atoms with van der Waals surface area (Å²) in [5.41, 5.74) is 0.906. The molecule has 1 aliphatic carbocycles. The Bertz CT molecular complexity index is 556. The molecule has 2 N–H and O–H groups in total. The number of ether oxygens (including phenoxy) is 1. The molecule has 7 heteroatoms. The Morgan fingerprint density at radius 3 is 2.80 bits per heavy atom. The number of rotatable bonds is 7. The lowest BCUT2D eigenvalue weighted by Gasteiger charge is -2.27. The van der Waals surface area contributed by atoms with E-state index in [2.05, 4.69) is 25.5 Å². The van der Waals surface area contributed by atoms with Crippen molar-refractivity contribution >= 4 is 11.7 Å². The number of hydrogen-bond acceptors (Lipinski definition) is 6. The van der Waals surface area contributed by atoms with E-state index in [1.165, 1.54) is 12.8 Å². The van der Waals surface area contributed by atoms with Gasteiger partial charge in [0.2, 0.25) is 5.91 Å². The fourth-order valence-corrected chi connectivity index (χ4v) is 3.47. The fourth-order valence-electron chi connectivity index (χ4n) is 3.47. The van der Waals surface area contributed by atoms with Crippen LogP contribution in [0, 0.1) is 0 Å². The Kier molecular flexibility index (Phi) is 6.58. The van der Waals surface area contributed by atoms with E-state index in [9.17, 15) is 4.79 Å². The maximum Gasteiger partial charge on any atom is 0.237 e. The van der Waals surface area contributed by atoms with E-state index in [4.69, 9.17) is 4.74 Å². The van der Waals surface area contributed by atoms with Crippen LogP contribution in [0.15, 0.2) is 12.4 Å². The van der Waals surface area contributed by atoms with Crippen LogP contribution in [0.4, 0.5) is 5.82 Å². The maximum absolute atomic E-state index is 12.4.